The molecule has 3 atom stereocenters. The van der Waals surface area contributed by atoms with Crippen LogP contribution < -0.4 is 0 Å². The molecular formula is C25H32O9. The van der Waals surface area contributed by atoms with Gasteiger partial charge in [-0.3, -0.25) is 9.59 Å². The molecule has 34 heavy (non-hydrogen) atoms. The number of aliphatic hydroxyl groups excluding tert-OH is 4. The van der Waals surface area contributed by atoms with Crippen LogP contribution in [0.5, 0.6) is 0 Å². The number of carbonyl (C=O) groups excluding carboxylic acids is 3. The van der Waals surface area contributed by atoms with Gasteiger partial charge in [0.25, 0.3) is 5.78 Å². The highest BCUT2D eigenvalue weighted by Gasteiger charge is 2.53. The average molecular weight is 477 g/mol. The largest absolute Gasteiger partial charge is 0.508 e. The first-order valence-corrected chi connectivity index (χ1v) is 11.1. The summed E-state index contributed by atoms with van der Waals surface area (Å²) in [5.74, 6) is -7.17. The van der Waals surface area contributed by atoms with Crippen molar-refractivity contribution in [2.45, 2.75) is 65.0 Å². The van der Waals surface area contributed by atoms with Crippen molar-refractivity contribution >= 4 is 17.5 Å². The van der Waals surface area contributed by atoms with Crippen LogP contribution in [0.15, 0.2) is 53.0 Å². The molecule has 5 N–H and O–H groups in total. The number of Topliss-reactive ketones (excluding diaryl/α,β-unsaturated/α-hetero) is 2. The molecule has 0 bridgehead atoms. The van der Waals surface area contributed by atoms with Gasteiger partial charge in [-0.15, -0.1) is 0 Å². The molecule has 0 heterocycles. The zero-order valence-electron chi connectivity index (χ0n) is 19.7. The first-order valence-electron chi connectivity index (χ1n) is 11.1. The van der Waals surface area contributed by atoms with E-state index in [0.29, 0.717) is 5.56 Å². The zero-order chi connectivity index (χ0) is 25.8. The Balaban J connectivity index is 2.48. The number of esters is 1. The van der Waals surface area contributed by atoms with Gasteiger partial charge in [0.2, 0.25) is 5.78 Å². The van der Waals surface area contributed by atoms with E-state index in [1.165, 1.54) is 0 Å². The number of ether oxygens (including phenoxy) is 1. The van der Waals surface area contributed by atoms with Crippen LogP contribution in [0.1, 0.15) is 46.1 Å². The highest BCUT2D eigenvalue weighted by Crippen LogP contribution is 2.39. The Morgan fingerprint density at radius 1 is 0.971 bits per heavy atom. The minimum Gasteiger partial charge on any atom is -0.508 e. The van der Waals surface area contributed by atoms with Crippen LogP contribution >= 0.6 is 0 Å². The van der Waals surface area contributed by atoms with E-state index in [1.54, 1.807) is 58.0 Å². The number of benzene rings is 1. The summed E-state index contributed by atoms with van der Waals surface area (Å²) in [5.41, 5.74) is -3.74. The minimum absolute atomic E-state index is 0.274. The maximum Gasteiger partial charge on any atom is 0.380 e. The molecule has 0 spiro atoms. The fraction of sp³-hybridized carbons (Fsp3) is 0.480. The molecular weight excluding hydrogens is 444 g/mol. The molecule has 0 amide bonds. The van der Waals surface area contributed by atoms with Crippen molar-refractivity contribution in [3.63, 3.8) is 0 Å². The summed E-state index contributed by atoms with van der Waals surface area (Å²) in [6, 6.07) is 8.45. The SMILES string of the molecule is CC(C)C(O)CC1=C(O)C(O)(CC(O)C(C)C)C(=O)C(C(=O)C(=O)OCc2ccccc2)=C1O. The Morgan fingerprint density at radius 3 is 2.06 bits per heavy atom. The third kappa shape index (κ3) is 5.72. The molecule has 0 aromatic heterocycles. The van der Waals surface area contributed by atoms with Crippen LogP contribution in [0.2, 0.25) is 0 Å². The van der Waals surface area contributed by atoms with Crippen LogP contribution in [0.25, 0.3) is 0 Å². The molecule has 0 saturated carbocycles. The molecule has 186 valence electrons. The standard InChI is InChI=1S/C25H32O9/c1-13(2)17(26)10-16-20(28)19(21(29)24(32)34-12-15-8-6-5-7-9-15)23(31)25(33,22(16)30)11-18(27)14(3)4/h5-9,13-14,17-18,26-28,30,33H,10-12H2,1-4H3. The predicted octanol–water partition coefficient (Wildman–Crippen LogP) is 2.05. The molecule has 9 nitrogen and oxygen atoms in total. The van der Waals surface area contributed by atoms with E-state index < -0.39 is 76.8 Å². The second kappa shape index (κ2) is 10.9. The van der Waals surface area contributed by atoms with Crippen LogP contribution in [0.4, 0.5) is 0 Å². The lowest BCUT2D eigenvalue weighted by Crippen LogP contribution is -2.50. The highest BCUT2D eigenvalue weighted by molar-refractivity contribution is 6.48. The van der Waals surface area contributed by atoms with Gasteiger partial charge in [-0.1, -0.05) is 58.0 Å². The number of aliphatic hydroxyl groups is 5. The van der Waals surface area contributed by atoms with Gasteiger partial charge in [0.1, 0.15) is 23.7 Å². The molecule has 0 radical (unpaired) electrons. The Morgan fingerprint density at radius 2 is 1.53 bits per heavy atom. The van der Waals surface area contributed by atoms with Gasteiger partial charge in [-0.05, 0) is 17.4 Å². The second-order valence-electron chi connectivity index (χ2n) is 9.16. The van der Waals surface area contributed by atoms with Crippen molar-refractivity contribution in [1.29, 1.82) is 0 Å². The fourth-order valence-electron chi connectivity index (χ4n) is 3.40. The van der Waals surface area contributed by atoms with E-state index in [0.717, 1.165) is 0 Å². The lowest BCUT2D eigenvalue weighted by molar-refractivity contribution is -0.155. The summed E-state index contributed by atoms with van der Waals surface area (Å²) in [4.78, 5) is 38.5. The van der Waals surface area contributed by atoms with E-state index in [9.17, 15) is 39.9 Å². The van der Waals surface area contributed by atoms with Crippen molar-refractivity contribution in [3.05, 3.63) is 58.6 Å². The predicted molar refractivity (Wildman–Crippen MR) is 121 cm³/mol. The van der Waals surface area contributed by atoms with Gasteiger partial charge < -0.3 is 30.3 Å². The van der Waals surface area contributed by atoms with Gasteiger partial charge in [0.05, 0.1) is 12.2 Å². The summed E-state index contributed by atoms with van der Waals surface area (Å²) >= 11 is 0. The summed E-state index contributed by atoms with van der Waals surface area (Å²) in [7, 11) is 0. The Bertz CT molecular complexity index is 991. The number of hydrogen-bond acceptors (Lipinski definition) is 9. The highest BCUT2D eigenvalue weighted by atomic mass is 16.5. The molecule has 3 unspecified atom stereocenters. The van der Waals surface area contributed by atoms with Crippen molar-refractivity contribution in [1.82, 2.24) is 0 Å². The third-order valence-electron chi connectivity index (χ3n) is 5.89. The van der Waals surface area contributed by atoms with E-state index in [2.05, 4.69) is 0 Å². The molecule has 0 fully saturated rings. The summed E-state index contributed by atoms with van der Waals surface area (Å²) in [6.07, 6.45) is -3.50. The monoisotopic (exact) mass is 476 g/mol. The molecule has 1 aliphatic rings. The average Bonchev–Trinajstić information content (AvgIpc) is 2.79. The normalized spacial score (nSPS) is 20.7. The fourth-order valence-corrected chi connectivity index (χ4v) is 3.40. The minimum atomic E-state index is -2.79. The lowest BCUT2D eigenvalue weighted by Gasteiger charge is -2.35. The summed E-state index contributed by atoms with van der Waals surface area (Å²) in [5, 5.41) is 53.2. The van der Waals surface area contributed by atoms with E-state index in [1.807, 2.05) is 0 Å². The number of allylic oxidation sites excluding steroid dienone is 1. The van der Waals surface area contributed by atoms with Crippen LogP contribution in [-0.4, -0.2) is 60.9 Å². The zero-order valence-corrected chi connectivity index (χ0v) is 19.7. The molecule has 1 aromatic rings. The van der Waals surface area contributed by atoms with Crippen molar-refractivity contribution in [3.8, 4) is 0 Å². The van der Waals surface area contributed by atoms with E-state index in [4.69, 9.17) is 4.74 Å². The number of hydrogen-bond donors (Lipinski definition) is 5. The topological polar surface area (TPSA) is 162 Å². The number of ketones is 2. The van der Waals surface area contributed by atoms with Gasteiger partial charge in [0, 0.05) is 18.4 Å². The van der Waals surface area contributed by atoms with Gasteiger partial charge in [-0.25, -0.2) is 4.79 Å². The maximum atomic E-state index is 13.1. The Labute approximate surface area is 198 Å². The first-order chi connectivity index (χ1) is 15.8. The Kier molecular flexibility index (Phi) is 8.77. The second-order valence-corrected chi connectivity index (χ2v) is 9.16. The van der Waals surface area contributed by atoms with E-state index in [-0.39, 0.29) is 12.5 Å². The van der Waals surface area contributed by atoms with Crippen molar-refractivity contribution in [2.24, 2.45) is 11.8 Å². The number of carbonyl (C=O) groups is 3. The lowest BCUT2D eigenvalue weighted by atomic mass is 9.75. The van der Waals surface area contributed by atoms with Gasteiger partial charge in [0.15, 0.2) is 5.60 Å². The maximum absolute atomic E-state index is 13.1. The third-order valence-corrected chi connectivity index (χ3v) is 5.89. The smallest absolute Gasteiger partial charge is 0.380 e. The molecule has 0 aliphatic heterocycles. The van der Waals surface area contributed by atoms with Crippen molar-refractivity contribution in [2.75, 3.05) is 0 Å². The van der Waals surface area contributed by atoms with Gasteiger partial charge in [-0.2, -0.15) is 0 Å². The molecule has 0 saturated heterocycles. The van der Waals surface area contributed by atoms with Crippen LogP contribution in [0.3, 0.4) is 0 Å². The Hall–Kier alpha value is -3.01. The molecule has 2 rings (SSSR count). The van der Waals surface area contributed by atoms with Crippen LogP contribution in [0, 0.1) is 11.8 Å². The van der Waals surface area contributed by atoms with E-state index >= 15 is 0 Å². The van der Waals surface area contributed by atoms with Crippen molar-refractivity contribution < 1.29 is 44.7 Å². The van der Waals surface area contributed by atoms with Crippen LogP contribution in [-0.2, 0) is 25.7 Å². The molecule has 1 aliphatic carbocycles. The summed E-state index contributed by atoms with van der Waals surface area (Å²) < 4.78 is 4.96. The molecule has 9 heteroatoms. The summed E-state index contributed by atoms with van der Waals surface area (Å²) in [6.45, 7) is 6.29. The first kappa shape index (κ1) is 27.2. The molecule has 1 aromatic carbocycles. The number of rotatable bonds is 10. The quantitative estimate of drug-likeness (QED) is 0.193. The van der Waals surface area contributed by atoms with Gasteiger partial charge >= 0.3 is 5.97 Å².